The standard InChI is InChI=1S/C74H49N3O/c1-4-17-48(18-5-1)50-21-14-22-51(41-50)52-23-15-24-53(42-52)54-25-16-26-55(43-54)56-34-39-71-65(44-56)66-46-59(36-40-72(66)78-71)77-70-47-60(35-38-64(70)73-63-30-11-13-32-68(63)76(74(73)77)58-27-8-3-9-28-58)75-67-31-12-10-29-61(67)62-37-33-57(45-69(62)75)49-19-6-2-7-20-49/h1-47,73-74H. The highest BCUT2D eigenvalue weighted by atomic mass is 16.3. The molecule has 0 fully saturated rings. The molecule has 0 saturated heterocycles. The van der Waals surface area contributed by atoms with Crippen LogP contribution in [0.2, 0.25) is 0 Å². The van der Waals surface area contributed by atoms with Crippen LogP contribution in [0.5, 0.6) is 0 Å². The Hall–Kier alpha value is -10.2. The Kier molecular flexibility index (Phi) is 10.0. The zero-order valence-electron chi connectivity index (χ0n) is 42.5. The molecule has 4 heterocycles. The zero-order valence-corrected chi connectivity index (χ0v) is 42.5. The highest BCUT2D eigenvalue weighted by molar-refractivity contribution is 6.11. The van der Waals surface area contributed by atoms with Gasteiger partial charge in [0.15, 0.2) is 0 Å². The highest BCUT2D eigenvalue weighted by Crippen LogP contribution is 2.59. The average molecular weight is 996 g/mol. The van der Waals surface area contributed by atoms with E-state index in [2.05, 4.69) is 299 Å². The van der Waals surface area contributed by atoms with Gasteiger partial charge in [0, 0.05) is 50.0 Å². The fourth-order valence-electron chi connectivity index (χ4n) is 12.9. The second kappa shape index (κ2) is 17.7. The molecule has 12 aromatic carbocycles. The lowest BCUT2D eigenvalue weighted by atomic mass is 9.93. The van der Waals surface area contributed by atoms with Crippen molar-refractivity contribution in [3.05, 3.63) is 296 Å². The molecule has 16 rings (SSSR count). The van der Waals surface area contributed by atoms with Gasteiger partial charge < -0.3 is 18.8 Å². The molecule has 0 aliphatic carbocycles. The molecule has 2 unspecified atom stereocenters. The monoisotopic (exact) mass is 995 g/mol. The minimum absolute atomic E-state index is 0.0712. The summed E-state index contributed by atoms with van der Waals surface area (Å²) in [5.74, 6) is 0.0871. The van der Waals surface area contributed by atoms with Crippen molar-refractivity contribution in [2.75, 3.05) is 9.80 Å². The van der Waals surface area contributed by atoms with Gasteiger partial charge in [0.1, 0.15) is 17.3 Å². The van der Waals surface area contributed by atoms with E-state index in [9.17, 15) is 0 Å². The molecule has 4 heteroatoms. The number of aromatic nitrogens is 1. The molecule has 2 atom stereocenters. The largest absolute Gasteiger partial charge is 0.456 e. The van der Waals surface area contributed by atoms with E-state index in [4.69, 9.17) is 4.42 Å². The van der Waals surface area contributed by atoms with Gasteiger partial charge in [-0.3, -0.25) is 0 Å². The molecule has 366 valence electrons. The van der Waals surface area contributed by atoms with E-state index in [1.165, 1.54) is 88.8 Å². The van der Waals surface area contributed by atoms with Crippen molar-refractivity contribution in [2.45, 2.75) is 12.1 Å². The Morgan fingerprint density at radius 1 is 0.256 bits per heavy atom. The number of hydrogen-bond acceptors (Lipinski definition) is 3. The lowest BCUT2D eigenvalue weighted by Crippen LogP contribution is -2.40. The van der Waals surface area contributed by atoms with Crippen LogP contribution in [0.25, 0.3) is 105 Å². The first kappa shape index (κ1) is 44.2. The third-order valence-electron chi connectivity index (χ3n) is 16.5. The maximum atomic E-state index is 6.70. The van der Waals surface area contributed by atoms with E-state index in [-0.39, 0.29) is 12.1 Å². The van der Waals surface area contributed by atoms with Gasteiger partial charge in [0.05, 0.1) is 17.0 Å². The second-order valence-corrected chi connectivity index (χ2v) is 20.8. The SMILES string of the molecule is c1ccc(-c2cccc(-c3cccc(-c4cccc(-c5ccc6oc7ccc(N8c9cc(-n%10c%11ccccc%11c%11ccc(-c%12ccccc%12)cc%11%10)ccc9C9c%10ccccc%10N(c%10ccccc%10)C98)cc7c6c5)c4)c3)c2)cc1. The van der Waals surface area contributed by atoms with Crippen LogP contribution in [0, 0.1) is 0 Å². The molecular weight excluding hydrogens is 947 g/mol. The lowest BCUT2D eigenvalue weighted by molar-refractivity contribution is 0.665. The van der Waals surface area contributed by atoms with Crippen LogP contribution in [0.4, 0.5) is 22.7 Å². The van der Waals surface area contributed by atoms with E-state index in [1.54, 1.807) is 0 Å². The Morgan fingerprint density at radius 2 is 0.731 bits per heavy atom. The van der Waals surface area contributed by atoms with Crippen LogP contribution in [-0.2, 0) is 0 Å². The number of anilines is 4. The zero-order chi connectivity index (χ0) is 51.3. The fourth-order valence-corrected chi connectivity index (χ4v) is 12.9. The topological polar surface area (TPSA) is 24.6 Å². The Labute approximate surface area is 452 Å². The van der Waals surface area contributed by atoms with E-state index < -0.39 is 0 Å². The van der Waals surface area contributed by atoms with Crippen LogP contribution >= 0.6 is 0 Å². The van der Waals surface area contributed by atoms with Crippen molar-refractivity contribution in [3.63, 3.8) is 0 Å². The number of rotatable bonds is 8. The van der Waals surface area contributed by atoms with Crippen molar-refractivity contribution in [3.8, 4) is 61.3 Å². The minimum atomic E-state index is -0.0712. The van der Waals surface area contributed by atoms with Gasteiger partial charge in [-0.1, -0.05) is 194 Å². The van der Waals surface area contributed by atoms with E-state index in [0.29, 0.717) is 0 Å². The minimum Gasteiger partial charge on any atom is -0.456 e. The molecule has 78 heavy (non-hydrogen) atoms. The summed E-state index contributed by atoms with van der Waals surface area (Å²) in [6, 6.07) is 104. The van der Waals surface area contributed by atoms with Gasteiger partial charge >= 0.3 is 0 Å². The molecule has 2 aliphatic rings. The number of para-hydroxylation sites is 3. The number of fused-ring (bicyclic) bond motifs is 11. The molecular formula is C74H49N3O. The lowest BCUT2D eigenvalue weighted by Gasteiger charge is -2.36. The van der Waals surface area contributed by atoms with Gasteiger partial charge in [-0.05, 0) is 158 Å². The second-order valence-electron chi connectivity index (χ2n) is 20.8. The first-order chi connectivity index (χ1) is 38.7. The maximum Gasteiger partial charge on any atom is 0.135 e. The number of benzene rings is 12. The third-order valence-corrected chi connectivity index (χ3v) is 16.5. The Bertz CT molecular complexity index is 4650. The number of furan rings is 1. The van der Waals surface area contributed by atoms with Gasteiger partial charge in [-0.25, -0.2) is 0 Å². The van der Waals surface area contributed by atoms with Gasteiger partial charge in [-0.15, -0.1) is 0 Å². The summed E-state index contributed by atoms with van der Waals surface area (Å²) in [4.78, 5) is 5.17. The van der Waals surface area contributed by atoms with E-state index in [1.807, 2.05) is 0 Å². The molecule has 4 nitrogen and oxygen atoms in total. The summed E-state index contributed by atoms with van der Waals surface area (Å²) in [6.45, 7) is 0. The summed E-state index contributed by atoms with van der Waals surface area (Å²) in [5, 5.41) is 4.66. The molecule has 0 spiro atoms. The van der Waals surface area contributed by atoms with E-state index >= 15 is 0 Å². The van der Waals surface area contributed by atoms with Gasteiger partial charge in [-0.2, -0.15) is 0 Å². The fraction of sp³-hybridized carbons (Fsp3) is 0.0270. The predicted octanol–water partition coefficient (Wildman–Crippen LogP) is 19.8. The van der Waals surface area contributed by atoms with Crippen LogP contribution < -0.4 is 9.80 Å². The van der Waals surface area contributed by atoms with Crippen LogP contribution in [0.1, 0.15) is 17.0 Å². The van der Waals surface area contributed by atoms with Gasteiger partial charge in [0.25, 0.3) is 0 Å². The number of hydrogen-bond donors (Lipinski definition) is 0. The summed E-state index contributed by atoms with van der Waals surface area (Å²) in [6.07, 6.45) is -0.0712. The molecule has 0 N–H and O–H groups in total. The maximum absolute atomic E-state index is 6.70. The summed E-state index contributed by atoms with van der Waals surface area (Å²) in [5.41, 5.74) is 24.5. The number of nitrogens with zero attached hydrogens (tertiary/aromatic N) is 3. The molecule has 0 bridgehead atoms. The van der Waals surface area contributed by atoms with Crippen LogP contribution in [-0.4, -0.2) is 10.7 Å². The molecule has 14 aromatic rings. The smallest absolute Gasteiger partial charge is 0.135 e. The summed E-state index contributed by atoms with van der Waals surface area (Å²) < 4.78 is 9.17. The molecule has 0 radical (unpaired) electrons. The van der Waals surface area contributed by atoms with E-state index in [0.717, 1.165) is 50.1 Å². The quantitative estimate of drug-likeness (QED) is 0.152. The normalized spacial score (nSPS) is 14.6. The third kappa shape index (κ3) is 7.07. The van der Waals surface area contributed by atoms with Crippen LogP contribution in [0.3, 0.4) is 0 Å². The highest BCUT2D eigenvalue weighted by Gasteiger charge is 2.50. The Morgan fingerprint density at radius 3 is 1.41 bits per heavy atom. The Balaban J connectivity index is 0.828. The van der Waals surface area contributed by atoms with Crippen molar-refractivity contribution in [2.24, 2.45) is 0 Å². The summed E-state index contributed by atoms with van der Waals surface area (Å²) >= 11 is 0. The van der Waals surface area contributed by atoms with Crippen molar-refractivity contribution >= 4 is 66.5 Å². The molecule has 0 amide bonds. The first-order valence-electron chi connectivity index (χ1n) is 27.0. The predicted molar refractivity (Wildman–Crippen MR) is 324 cm³/mol. The van der Waals surface area contributed by atoms with Crippen LogP contribution in [0.15, 0.2) is 290 Å². The van der Waals surface area contributed by atoms with Crippen molar-refractivity contribution in [1.29, 1.82) is 0 Å². The first-order valence-corrected chi connectivity index (χ1v) is 27.0. The average Bonchev–Trinajstić information content (AvgIpc) is 4.42. The molecule has 0 saturated carbocycles. The summed E-state index contributed by atoms with van der Waals surface area (Å²) in [7, 11) is 0. The van der Waals surface area contributed by atoms with Crippen molar-refractivity contribution in [1.82, 2.24) is 4.57 Å². The molecule has 2 aliphatic heterocycles. The van der Waals surface area contributed by atoms with Gasteiger partial charge in [0.2, 0.25) is 0 Å². The van der Waals surface area contributed by atoms with Crippen molar-refractivity contribution < 1.29 is 4.42 Å². The molecule has 2 aromatic heterocycles.